The zero-order chi connectivity index (χ0) is 21.3. The highest BCUT2D eigenvalue weighted by Crippen LogP contribution is 2.23. The summed E-state index contributed by atoms with van der Waals surface area (Å²) in [6, 6.07) is 14.3. The fourth-order valence-electron chi connectivity index (χ4n) is 3.40. The number of nitrogens with one attached hydrogen (secondary N) is 2. The Morgan fingerprint density at radius 2 is 2.00 bits per heavy atom. The smallest absolute Gasteiger partial charge is 0.216 e. The van der Waals surface area contributed by atoms with Crippen LogP contribution in [0, 0.1) is 0 Å². The Hall–Kier alpha value is -2.49. The lowest BCUT2D eigenvalue weighted by molar-refractivity contribution is 0.369. The molecular weight excluding hydrogens is 505 g/mol. The van der Waals surface area contributed by atoms with Crippen LogP contribution in [-0.4, -0.2) is 29.4 Å². The Kier molecular flexibility index (Phi) is 9.90. The van der Waals surface area contributed by atoms with E-state index in [4.69, 9.17) is 14.1 Å². The maximum atomic E-state index is 5.55. The van der Waals surface area contributed by atoms with Crippen molar-refractivity contribution in [1.82, 2.24) is 20.4 Å². The van der Waals surface area contributed by atoms with E-state index < -0.39 is 0 Å². The van der Waals surface area contributed by atoms with Gasteiger partial charge in [-0.1, -0.05) is 37.3 Å². The van der Waals surface area contributed by atoms with Crippen LogP contribution in [0.15, 0.2) is 58.1 Å². The highest BCUT2D eigenvalue weighted by Gasteiger charge is 2.16. The largest absolute Gasteiger partial charge is 0.481 e. The molecule has 31 heavy (non-hydrogen) atoms. The van der Waals surface area contributed by atoms with E-state index in [2.05, 4.69) is 41.7 Å². The summed E-state index contributed by atoms with van der Waals surface area (Å²) in [5.41, 5.74) is 3.22. The summed E-state index contributed by atoms with van der Waals surface area (Å²) < 4.78 is 12.8. The molecule has 7 nitrogen and oxygen atoms in total. The van der Waals surface area contributed by atoms with Gasteiger partial charge in [0.2, 0.25) is 5.88 Å². The van der Waals surface area contributed by atoms with Crippen LogP contribution in [0.25, 0.3) is 0 Å². The van der Waals surface area contributed by atoms with E-state index in [1.165, 1.54) is 5.56 Å². The summed E-state index contributed by atoms with van der Waals surface area (Å²) in [5, 5.41) is 11.5. The summed E-state index contributed by atoms with van der Waals surface area (Å²) >= 11 is 0. The molecule has 3 rings (SSSR count). The van der Waals surface area contributed by atoms with Crippen molar-refractivity contribution in [2.75, 3.05) is 13.7 Å². The van der Waals surface area contributed by atoms with Gasteiger partial charge in [0.1, 0.15) is 5.76 Å². The van der Waals surface area contributed by atoms with E-state index >= 15 is 0 Å². The predicted molar refractivity (Wildman–Crippen MR) is 134 cm³/mol. The third-order valence-electron chi connectivity index (χ3n) is 4.99. The molecule has 2 aromatic heterocycles. The first-order chi connectivity index (χ1) is 14.6. The first-order valence-corrected chi connectivity index (χ1v) is 10.3. The molecule has 1 atom stereocenters. The standard InChI is InChI=1S/C23H31N5O2.HI/c1-5-21-20(22(29-4)28(3)27-21)16-25-23(24-14-13-19-12-9-15-30-19)26-17(2)18-10-7-6-8-11-18;/h6-12,15,17H,5,13-14,16H2,1-4H3,(H2,24,25,26);1H. The molecule has 0 radical (unpaired) electrons. The van der Waals surface area contributed by atoms with E-state index in [0.717, 1.165) is 41.7 Å². The number of nitrogens with zero attached hydrogens (tertiary/aromatic N) is 3. The SMILES string of the molecule is CCc1nn(C)c(OC)c1CN=C(NCCc1ccco1)NC(C)c1ccccc1.I. The number of aryl methyl sites for hydroxylation is 2. The minimum atomic E-state index is 0. The minimum absolute atomic E-state index is 0. The fraction of sp³-hybridized carbons (Fsp3) is 0.391. The van der Waals surface area contributed by atoms with Crippen LogP contribution < -0.4 is 15.4 Å². The van der Waals surface area contributed by atoms with Crippen LogP contribution in [0.5, 0.6) is 5.88 Å². The van der Waals surface area contributed by atoms with Crippen molar-refractivity contribution in [3.63, 3.8) is 0 Å². The van der Waals surface area contributed by atoms with Gasteiger partial charge in [0.25, 0.3) is 0 Å². The van der Waals surface area contributed by atoms with Crippen LogP contribution in [-0.2, 0) is 26.4 Å². The fourth-order valence-corrected chi connectivity index (χ4v) is 3.40. The molecule has 0 saturated carbocycles. The molecule has 8 heteroatoms. The van der Waals surface area contributed by atoms with Crippen molar-refractivity contribution in [2.45, 2.75) is 39.3 Å². The Morgan fingerprint density at radius 1 is 1.23 bits per heavy atom. The zero-order valence-corrected chi connectivity index (χ0v) is 20.9. The van der Waals surface area contributed by atoms with Gasteiger partial charge in [-0.25, -0.2) is 9.67 Å². The first kappa shape index (κ1) is 24.8. The molecule has 0 bridgehead atoms. The number of halogens is 1. The average Bonchev–Trinajstić information content (AvgIpc) is 3.39. The van der Waals surface area contributed by atoms with Gasteiger partial charge in [0.15, 0.2) is 5.96 Å². The van der Waals surface area contributed by atoms with Gasteiger partial charge in [0, 0.05) is 20.0 Å². The number of aliphatic imine (C=N–C) groups is 1. The van der Waals surface area contributed by atoms with Crippen LogP contribution >= 0.6 is 24.0 Å². The Morgan fingerprint density at radius 3 is 2.65 bits per heavy atom. The number of guanidine groups is 1. The van der Waals surface area contributed by atoms with Crippen LogP contribution in [0.1, 0.15) is 42.5 Å². The lowest BCUT2D eigenvalue weighted by atomic mass is 10.1. The maximum absolute atomic E-state index is 5.55. The van der Waals surface area contributed by atoms with Crippen molar-refractivity contribution in [2.24, 2.45) is 12.0 Å². The molecule has 0 fully saturated rings. The van der Waals surface area contributed by atoms with Crippen molar-refractivity contribution in [3.8, 4) is 5.88 Å². The highest BCUT2D eigenvalue weighted by molar-refractivity contribution is 14.0. The van der Waals surface area contributed by atoms with Crippen molar-refractivity contribution < 1.29 is 9.15 Å². The number of benzene rings is 1. The summed E-state index contributed by atoms with van der Waals surface area (Å²) in [7, 11) is 3.56. The number of hydrogen-bond donors (Lipinski definition) is 2. The molecule has 168 valence electrons. The van der Waals surface area contributed by atoms with Gasteiger partial charge in [-0.2, -0.15) is 5.10 Å². The third kappa shape index (κ3) is 6.75. The average molecular weight is 537 g/mol. The normalized spacial score (nSPS) is 12.2. The van der Waals surface area contributed by atoms with E-state index in [-0.39, 0.29) is 30.0 Å². The van der Waals surface area contributed by atoms with E-state index in [0.29, 0.717) is 13.1 Å². The lowest BCUT2D eigenvalue weighted by Gasteiger charge is -2.19. The van der Waals surface area contributed by atoms with E-state index in [1.807, 2.05) is 37.4 Å². The van der Waals surface area contributed by atoms with Crippen molar-refractivity contribution in [1.29, 1.82) is 0 Å². The third-order valence-corrected chi connectivity index (χ3v) is 4.99. The predicted octanol–water partition coefficient (Wildman–Crippen LogP) is 4.24. The zero-order valence-electron chi connectivity index (χ0n) is 18.6. The number of rotatable bonds is 9. The second-order valence-electron chi connectivity index (χ2n) is 7.11. The van der Waals surface area contributed by atoms with Gasteiger partial charge in [-0.15, -0.1) is 24.0 Å². The van der Waals surface area contributed by atoms with Gasteiger partial charge >= 0.3 is 0 Å². The Balaban J connectivity index is 0.00000341. The lowest BCUT2D eigenvalue weighted by Crippen LogP contribution is -2.39. The molecule has 1 aromatic carbocycles. The van der Waals surface area contributed by atoms with Gasteiger partial charge in [0.05, 0.1) is 37.2 Å². The van der Waals surface area contributed by atoms with Crippen LogP contribution in [0.2, 0.25) is 0 Å². The second kappa shape index (κ2) is 12.4. The summed E-state index contributed by atoms with van der Waals surface area (Å²) in [4.78, 5) is 4.84. The summed E-state index contributed by atoms with van der Waals surface area (Å²) in [6.45, 7) is 5.41. The maximum Gasteiger partial charge on any atom is 0.216 e. The molecule has 1 unspecified atom stereocenters. The molecule has 0 aliphatic carbocycles. The highest BCUT2D eigenvalue weighted by atomic mass is 127. The van der Waals surface area contributed by atoms with Gasteiger partial charge in [-0.3, -0.25) is 0 Å². The molecule has 2 heterocycles. The molecule has 0 amide bonds. The van der Waals surface area contributed by atoms with Crippen molar-refractivity contribution >= 4 is 29.9 Å². The number of hydrogen-bond acceptors (Lipinski definition) is 4. The number of methoxy groups -OCH3 is 1. The quantitative estimate of drug-likeness (QED) is 0.243. The summed E-state index contributed by atoms with van der Waals surface area (Å²) in [6.07, 6.45) is 3.31. The molecule has 0 aliphatic rings. The van der Waals surface area contributed by atoms with Crippen molar-refractivity contribution in [3.05, 3.63) is 71.3 Å². The number of furan rings is 1. The molecule has 0 saturated heterocycles. The van der Waals surface area contributed by atoms with Gasteiger partial charge in [-0.05, 0) is 31.0 Å². The monoisotopic (exact) mass is 537 g/mol. The van der Waals surface area contributed by atoms with E-state index in [9.17, 15) is 0 Å². The molecule has 0 spiro atoms. The first-order valence-electron chi connectivity index (χ1n) is 10.3. The molecular formula is C23H32IN5O2. The number of ether oxygens (including phenoxy) is 1. The topological polar surface area (TPSA) is 76.6 Å². The number of aromatic nitrogens is 2. The van der Waals surface area contributed by atoms with Gasteiger partial charge < -0.3 is 19.8 Å². The Bertz CT molecular complexity index is 939. The Labute approximate surface area is 201 Å². The molecule has 0 aliphatic heterocycles. The van der Waals surface area contributed by atoms with E-state index in [1.54, 1.807) is 18.1 Å². The molecule has 2 N–H and O–H groups in total. The summed E-state index contributed by atoms with van der Waals surface area (Å²) in [5.74, 6) is 2.44. The second-order valence-corrected chi connectivity index (χ2v) is 7.11. The minimum Gasteiger partial charge on any atom is -0.481 e. The molecule has 3 aromatic rings. The van der Waals surface area contributed by atoms with Crippen LogP contribution in [0.3, 0.4) is 0 Å². The van der Waals surface area contributed by atoms with Crippen LogP contribution in [0.4, 0.5) is 0 Å².